The van der Waals surface area contributed by atoms with Gasteiger partial charge < -0.3 is 15.5 Å². The molecule has 0 aromatic heterocycles. The second kappa shape index (κ2) is 10.1. The van der Waals surface area contributed by atoms with Crippen molar-refractivity contribution in [1.29, 1.82) is 0 Å². The molecule has 2 aromatic carbocycles. The summed E-state index contributed by atoms with van der Waals surface area (Å²) in [5, 5.41) is 6.46. The van der Waals surface area contributed by atoms with Crippen molar-refractivity contribution in [1.82, 2.24) is 10.6 Å². The van der Waals surface area contributed by atoms with Crippen molar-refractivity contribution in [3.05, 3.63) is 65.2 Å². The van der Waals surface area contributed by atoms with Gasteiger partial charge in [-0.15, -0.1) is 0 Å². The van der Waals surface area contributed by atoms with Gasteiger partial charge in [-0.2, -0.15) is 0 Å². The third kappa shape index (κ3) is 5.47. The molecule has 5 heteroatoms. The largest absolute Gasteiger partial charge is 0.348 e. The maximum absolute atomic E-state index is 12.7. The van der Waals surface area contributed by atoms with Gasteiger partial charge in [0.2, 0.25) is 5.91 Å². The molecular formula is C28H35N3O2. The fourth-order valence-electron chi connectivity index (χ4n) is 5.18. The number of nitrogens with zero attached hydrogens (tertiary/aromatic N) is 1. The molecule has 3 aliphatic rings. The zero-order chi connectivity index (χ0) is 22.6. The summed E-state index contributed by atoms with van der Waals surface area (Å²) in [5.41, 5.74) is 4.03. The minimum atomic E-state index is -0.0476. The lowest BCUT2D eigenvalue weighted by Crippen LogP contribution is -2.39. The number of amides is 2. The van der Waals surface area contributed by atoms with Crippen molar-refractivity contribution in [2.45, 2.75) is 69.9 Å². The molecule has 1 unspecified atom stereocenters. The van der Waals surface area contributed by atoms with Gasteiger partial charge in [0.25, 0.3) is 5.91 Å². The van der Waals surface area contributed by atoms with E-state index in [1.54, 1.807) is 0 Å². The highest BCUT2D eigenvalue weighted by atomic mass is 16.2. The van der Waals surface area contributed by atoms with E-state index >= 15 is 0 Å². The van der Waals surface area contributed by atoms with E-state index < -0.39 is 0 Å². The first kappa shape index (κ1) is 22.1. The van der Waals surface area contributed by atoms with Crippen LogP contribution in [0.1, 0.15) is 78.8 Å². The highest BCUT2D eigenvalue weighted by Crippen LogP contribution is 2.32. The Kier molecular flexibility index (Phi) is 6.77. The zero-order valence-corrected chi connectivity index (χ0v) is 19.4. The van der Waals surface area contributed by atoms with E-state index in [-0.39, 0.29) is 17.9 Å². The maximum atomic E-state index is 12.7. The molecule has 1 aliphatic heterocycles. The molecule has 174 valence electrons. The number of carbonyl (C=O) groups is 2. The van der Waals surface area contributed by atoms with Gasteiger partial charge in [0.05, 0.1) is 6.04 Å². The lowest BCUT2D eigenvalue weighted by Gasteiger charge is -2.22. The highest BCUT2D eigenvalue weighted by Gasteiger charge is 2.33. The summed E-state index contributed by atoms with van der Waals surface area (Å²) < 4.78 is 0. The topological polar surface area (TPSA) is 61.4 Å². The smallest absolute Gasteiger partial charge is 0.251 e. The Morgan fingerprint density at radius 2 is 1.61 bits per heavy atom. The van der Waals surface area contributed by atoms with E-state index in [1.165, 1.54) is 50.5 Å². The molecule has 0 bridgehead atoms. The Hall–Kier alpha value is -2.66. The van der Waals surface area contributed by atoms with Gasteiger partial charge in [-0.05, 0) is 85.9 Å². The van der Waals surface area contributed by atoms with Gasteiger partial charge in [0.15, 0.2) is 0 Å². The van der Waals surface area contributed by atoms with E-state index in [0.29, 0.717) is 18.0 Å². The standard InChI is InChI=1S/C28H35N3O2/c32-27(24-12-10-23(11-13-24)22-4-2-1-3-5-22)30-19-21-8-14-25(15-9-21)31-17-16-26(28(31)33)29-18-20-6-7-20/h8-15,20,22,26,29H,1-7,16-19H2,(H,30,32). The summed E-state index contributed by atoms with van der Waals surface area (Å²) in [6.45, 7) is 2.20. The molecule has 33 heavy (non-hydrogen) atoms. The summed E-state index contributed by atoms with van der Waals surface area (Å²) >= 11 is 0. The molecule has 1 heterocycles. The first-order chi connectivity index (χ1) is 16.2. The van der Waals surface area contributed by atoms with Crippen molar-refractivity contribution >= 4 is 17.5 Å². The van der Waals surface area contributed by atoms with Crippen molar-refractivity contribution < 1.29 is 9.59 Å². The van der Waals surface area contributed by atoms with E-state index in [0.717, 1.165) is 36.7 Å². The molecular weight excluding hydrogens is 410 g/mol. The van der Waals surface area contributed by atoms with Crippen LogP contribution >= 0.6 is 0 Å². The summed E-state index contributed by atoms with van der Waals surface area (Å²) in [5.74, 6) is 1.55. The van der Waals surface area contributed by atoms with Crippen LogP contribution in [0.3, 0.4) is 0 Å². The van der Waals surface area contributed by atoms with Crippen LogP contribution in [0.4, 0.5) is 5.69 Å². The summed E-state index contributed by atoms with van der Waals surface area (Å²) in [7, 11) is 0. The first-order valence-corrected chi connectivity index (χ1v) is 12.7. The van der Waals surface area contributed by atoms with Gasteiger partial charge in [0.1, 0.15) is 0 Å². The molecule has 0 spiro atoms. The van der Waals surface area contributed by atoms with Crippen molar-refractivity contribution in [2.75, 3.05) is 18.0 Å². The van der Waals surface area contributed by atoms with Crippen LogP contribution in [0.25, 0.3) is 0 Å². The Morgan fingerprint density at radius 1 is 0.879 bits per heavy atom. The zero-order valence-electron chi connectivity index (χ0n) is 19.4. The van der Waals surface area contributed by atoms with Gasteiger partial charge >= 0.3 is 0 Å². The maximum Gasteiger partial charge on any atom is 0.251 e. The molecule has 2 amide bonds. The molecule has 0 radical (unpaired) electrons. The second-order valence-corrected chi connectivity index (χ2v) is 9.99. The summed E-state index contributed by atoms with van der Waals surface area (Å²) in [6, 6.07) is 16.1. The monoisotopic (exact) mass is 445 g/mol. The normalized spacial score (nSPS) is 21.4. The van der Waals surface area contributed by atoms with Crippen LogP contribution in [0.5, 0.6) is 0 Å². The third-order valence-electron chi connectivity index (χ3n) is 7.51. The third-order valence-corrected chi connectivity index (χ3v) is 7.51. The summed E-state index contributed by atoms with van der Waals surface area (Å²) in [4.78, 5) is 27.2. The molecule has 5 rings (SSSR count). The number of hydrogen-bond donors (Lipinski definition) is 2. The van der Waals surface area contributed by atoms with E-state index in [1.807, 2.05) is 41.3 Å². The van der Waals surface area contributed by atoms with Crippen LogP contribution in [-0.4, -0.2) is 30.9 Å². The summed E-state index contributed by atoms with van der Waals surface area (Å²) in [6.07, 6.45) is 9.96. The number of carbonyl (C=O) groups excluding carboxylic acids is 2. The van der Waals surface area contributed by atoms with E-state index in [9.17, 15) is 9.59 Å². The molecule has 2 aliphatic carbocycles. The van der Waals surface area contributed by atoms with Crippen LogP contribution in [0.15, 0.2) is 48.5 Å². The Balaban J connectivity index is 1.11. The lowest BCUT2D eigenvalue weighted by molar-refractivity contribution is -0.118. The van der Waals surface area contributed by atoms with Crippen LogP contribution in [0, 0.1) is 5.92 Å². The fraction of sp³-hybridized carbons (Fsp3) is 0.500. The predicted octanol–water partition coefficient (Wildman–Crippen LogP) is 4.77. The molecule has 2 aromatic rings. The van der Waals surface area contributed by atoms with Crippen molar-refractivity contribution in [2.24, 2.45) is 5.92 Å². The average molecular weight is 446 g/mol. The Bertz CT molecular complexity index is 960. The Labute approximate surface area is 196 Å². The van der Waals surface area contributed by atoms with E-state index in [4.69, 9.17) is 0 Å². The lowest BCUT2D eigenvalue weighted by atomic mass is 9.84. The number of nitrogens with one attached hydrogen (secondary N) is 2. The number of rotatable bonds is 8. The Morgan fingerprint density at radius 3 is 2.30 bits per heavy atom. The van der Waals surface area contributed by atoms with Crippen LogP contribution < -0.4 is 15.5 Å². The molecule has 1 saturated heterocycles. The molecule has 1 atom stereocenters. The van der Waals surface area contributed by atoms with Crippen LogP contribution in [0.2, 0.25) is 0 Å². The highest BCUT2D eigenvalue weighted by molar-refractivity contribution is 5.99. The average Bonchev–Trinajstić information content (AvgIpc) is 3.63. The van der Waals surface area contributed by atoms with E-state index in [2.05, 4.69) is 22.8 Å². The van der Waals surface area contributed by atoms with Gasteiger partial charge in [-0.1, -0.05) is 43.5 Å². The quantitative estimate of drug-likeness (QED) is 0.615. The van der Waals surface area contributed by atoms with Gasteiger partial charge in [-0.25, -0.2) is 0 Å². The van der Waals surface area contributed by atoms with Gasteiger partial charge in [-0.3, -0.25) is 9.59 Å². The van der Waals surface area contributed by atoms with Crippen molar-refractivity contribution in [3.8, 4) is 0 Å². The predicted molar refractivity (Wildman–Crippen MR) is 131 cm³/mol. The number of benzene rings is 2. The minimum Gasteiger partial charge on any atom is -0.348 e. The first-order valence-electron chi connectivity index (χ1n) is 12.7. The second-order valence-electron chi connectivity index (χ2n) is 9.99. The van der Waals surface area contributed by atoms with Crippen molar-refractivity contribution in [3.63, 3.8) is 0 Å². The fourth-order valence-corrected chi connectivity index (χ4v) is 5.18. The number of hydrogen-bond acceptors (Lipinski definition) is 3. The van der Waals surface area contributed by atoms with Gasteiger partial charge in [0, 0.05) is 24.3 Å². The molecule has 5 nitrogen and oxygen atoms in total. The SMILES string of the molecule is O=C(NCc1ccc(N2CCC(NCC3CC3)C2=O)cc1)c1ccc(C2CCCCC2)cc1. The van der Waals surface area contributed by atoms with Crippen LogP contribution in [-0.2, 0) is 11.3 Å². The minimum absolute atomic E-state index is 0.0472. The molecule has 2 saturated carbocycles. The molecule has 3 fully saturated rings. The number of anilines is 1. The molecule has 2 N–H and O–H groups in total.